The molecular formula is C18H20N2O5. The van der Waals surface area contributed by atoms with Crippen LogP contribution in [0.2, 0.25) is 0 Å². The van der Waals surface area contributed by atoms with E-state index in [1.807, 2.05) is 0 Å². The highest BCUT2D eigenvalue weighted by Crippen LogP contribution is 2.29. The Labute approximate surface area is 145 Å². The van der Waals surface area contributed by atoms with Crippen molar-refractivity contribution in [2.45, 2.75) is 38.3 Å². The van der Waals surface area contributed by atoms with Gasteiger partial charge in [-0.3, -0.25) is 14.9 Å². The minimum absolute atomic E-state index is 0.0581. The normalized spacial score (nSPS) is 18.3. The van der Waals surface area contributed by atoms with Gasteiger partial charge in [-0.25, -0.2) is 0 Å². The van der Waals surface area contributed by atoms with Crippen LogP contribution in [0.25, 0.3) is 0 Å². The predicted molar refractivity (Wildman–Crippen MR) is 90.2 cm³/mol. The zero-order valence-corrected chi connectivity index (χ0v) is 13.9. The molecule has 1 saturated heterocycles. The van der Waals surface area contributed by atoms with E-state index in [4.69, 9.17) is 4.42 Å². The number of benzene rings is 1. The van der Waals surface area contributed by atoms with Gasteiger partial charge in [-0.05, 0) is 38.0 Å². The smallest absolute Gasteiger partial charge is 0.273 e. The third-order valence-electron chi connectivity index (χ3n) is 4.66. The standard InChI is InChI=1S/C18H20N2O5/c1-12-6-7-13(10-15(12)20(23)24)18(22)19-8-2-4-14(19)11-16(21)17-5-3-9-25-17/h3,5-7,9-10,14,16,21H,2,4,8,11H2,1H3. The molecule has 0 spiro atoms. The number of carbonyl (C=O) groups is 1. The van der Waals surface area contributed by atoms with Crippen LogP contribution in [0.5, 0.6) is 0 Å². The molecule has 7 nitrogen and oxygen atoms in total. The summed E-state index contributed by atoms with van der Waals surface area (Å²) in [6.45, 7) is 2.22. The molecule has 2 unspecified atom stereocenters. The molecule has 1 aliphatic rings. The summed E-state index contributed by atoms with van der Waals surface area (Å²) < 4.78 is 5.21. The second-order valence-corrected chi connectivity index (χ2v) is 6.32. The van der Waals surface area contributed by atoms with Gasteiger partial charge in [0.25, 0.3) is 11.6 Å². The van der Waals surface area contributed by atoms with Crippen molar-refractivity contribution < 1.29 is 19.2 Å². The first-order valence-electron chi connectivity index (χ1n) is 8.25. The van der Waals surface area contributed by atoms with Crippen LogP contribution in [0.3, 0.4) is 0 Å². The quantitative estimate of drug-likeness (QED) is 0.663. The van der Waals surface area contributed by atoms with E-state index in [0.29, 0.717) is 29.9 Å². The fourth-order valence-corrected chi connectivity index (χ4v) is 3.31. The van der Waals surface area contributed by atoms with Crippen molar-refractivity contribution in [2.24, 2.45) is 0 Å². The number of carbonyl (C=O) groups excluding carboxylic acids is 1. The van der Waals surface area contributed by atoms with Gasteiger partial charge < -0.3 is 14.4 Å². The second-order valence-electron chi connectivity index (χ2n) is 6.32. The van der Waals surface area contributed by atoms with Crippen molar-refractivity contribution >= 4 is 11.6 Å². The van der Waals surface area contributed by atoms with E-state index in [0.717, 1.165) is 12.8 Å². The second kappa shape index (κ2) is 7.06. The number of furan rings is 1. The molecule has 0 radical (unpaired) electrons. The van der Waals surface area contributed by atoms with E-state index in [1.165, 1.54) is 12.3 Å². The molecular weight excluding hydrogens is 324 g/mol. The lowest BCUT2D eigenvalue weighted by molar-refractivity contribution is -0.385. The first kappa shape index (κ1) is 17.2. The van der Waals surface area contributed by atoms with Crippen molar-refractivity contribution in [1.29, 1.82) is 0 Å². The van der Waals surface area contributed by atoms with Crippen molar-refractivity contribution in [1.82, 2.24) is 4.90 Å². The molecule has 1 N–H and O–H groups in total. The van der Waals surface area contributed by atoms with Crippen LogP contribution in [0.4, 0.5) is 5.69 Å². The van der Waals surface area contributed by atoms with Crippen LogP contribution in [0.1, 0.15) is 47.0 Å². The first-order valence-corrected chi connectivity index (χ1v) is 8.25. The highest BCUT2D eigenvalue weighted by Gasteiger charge is 2.32. The fraction of sp³-hybridized carbons (Fsp3) is 0.389. The zero-order chi connectivity index (χ0) is 18.0. The number of likely N-dealkylation sites (tertiary alicyclic amines) is 1. The molecule has 0 aliphatic carbocycles. The van der Waals surface area contributed by atoms with Crippen molar-refractivity contribution in [3.63, 3.8) is 0 Å². The average molecular weight is 344 g/mol. The lowest BCUT2D eigenvalue weighted by atomic mass is 10.0. The van der Waals surface area contributed by atoms with Gasteiger partial charge in [-0.2, -0.15) is 0 Å². The SMILES string of the molecule is Cc1ccc(C(=O)N2CCCC2CC(O)c2ccco2)cc1[N+](=O)[O-]. The third-order valence-corrected chi connectivity index (χ3v) is 4.66. The maximum Gasteiger partial charge on any atom is 0.273 e. The van der Waals surface area contributed by atoms with Gasteiger partial charge in [0, 0.05) is 36.2 Å². The molecule has 3 rings (SSSR count). The Bertz CT molecular complexity index is 772. The summed E-state index contributed by atoms with van der Waals surface area (Å²) in [5.74, 6) is 0.238. The maximum atomic E-state index is 12.8. The average Bonchev–Trinajstić information content (AvgIpc) is 3.26. The van der Waals surface area contributed by atoms with Crippen molar-refractivity contribution in [2.75, 3.05) is 6.54 Å². The number of hydrogen-bond donors (Lipinski definition) is 1. The Hall–Kier alpha value is -2.67. The summed E-state index contributed by atoms with van der Waals surface area (Å²) in [7, 11) is 0. The van der Waals surface area contributed by atoms with Gasteiger partial charge >= 0.3 is 0 Å². The lowest BCUT2D eigenvalue weighted by Gasteiger charge is -2.26. The fourth-order valence-electron chi connectivity index (χ4n) is 3.31. The number of nitro groups is 1. The van der Waals surface area contributed by atoms with E-state index in [9.17, 15) is 20.0 Å². The minimum atomic E-state index is -0.777. The van der Waals surface area contributed by atoms with E-state index in [1.54, 1.807) is 36.1 Å². The topological polar surface area (TPSA) is 96.8 Å². The number of aliphatic hydroxyl groups is 1. The lowest BCUT2D eigenvalue weighted by Crippen LogP contribution is -2.36. The Morgan fingerprint density at radius 1 is 1.48 bits per heavy atom. The third kappa shape index (κ3) is 3.56. The predicted octanol–water partition coefficient (Wildman–Crippen LogP) is 3.22. The Kier molecular flexibility index (Phi) is 4.85. The molecule has 7 heteroatoms. The molecule has 2 heterocycles. The zero-order valence-electron chi connectivity index (χ0n) is 13.9. The van der Waals surface area contributed by atoms with Crippen LogP contribution in [0, 0.1) is 17.0 Å². The number of amides is 1. The number of hydrogen-bond acceptors (Lipinski definition) is 5. The molecule has 1 aromatic heterocycles. The van der Waals surface area contributed by atoms with Crippen LogP contribution < -0.4 is 0 Å². The van der Waals surface area contributed by atoms with Crippen LogP contribution in [0.15, 0.2) is 41.0 Å². The van der Waals surface area contributed by atoms with Crippen molar-refractivity contribution in [3.8, 4) is 0 Å². The highest BCUT2D eigenvalue weighted by molar-refractivity contribution is 5.95. The van der Waals surface area contributed by atoms with Crippen LogP contribution in [-0.2, 0) is 0 Å². The summed E-state index contributed by atoms with van der Waals surface area (Å²) in [6.07, 6.45) is 2.74. The van der Waals surface area contributed by atoms with Crippen molar-refractivity contribution in [3.05, 3.63) is 63.6 Å². The molecule has 132 valence electrons. The molecule has 1 amide bonds. The summed E-state index contributed by atoms with van der Waals surface area (Å²) in [5.41, 5.74) is 0.765. The molecule has 2 atom stereocenters. The largest absolute Gasteiger partial charge is 0.467 e. The molecule has 1 aromatic carbocycles. The molecule has 25 heavy (non-hydrogen) atoms. The van der Waals surface area contributed by atoms with E-state index < -0.39 is 11.0 Å². The molecule has 1 aliphatic heterocycles. The number of nitro benzene ring substituents is 1. The molecule has 2 aromatic rings. The molecule has 0 bridgehead atoms. The van der Waals surface area contributed by atoms with Gasteiger partial charge in [-0.15, -0.1) is 0 Å². The number of rotatable bonds is 5. The Balaban J connectivity index is 1.77. The van der Waals surface area contributed by atoms with Gasteiger partial charge in [0.15, 0.2) is 0 Å². The monoisotopic (exact) mass is 344 g/mol. The van der Waals surface area contributed by atoms with Crippen LogP contribution in [-0.4, -0.2) is 33.4 Å². The summed E-state index contributed by atoms with van der Waals surface area (Å²) in [5, 5.41) is 21.4. The van der Waals surface area contributed by atoms with Gasteiger partial charge in [0.1, 0.15) is 11.9 Å². The Morgan fingerprint density at radius 3 is 2.96 bits per heavy atom. The maximum absolute atomic E-state index is 12.8. The summed E-state index contributed by atoms with van der Waals surface area (Å²) in [4.78, 5) is 25.1. The van der Waals surface area contributed by atoms with E-state index >= 15 is 0 Å². The summed E-state index contributed by atoms with van der Waals surface area (Å²) >= 11 is 0. The number of aryl methyl sites for hydroxylation is 1. The van der Waals surface area contributed by atoms with Gasteiger partial charge in [-0.1, -0.05) is 6.07 Å². The van der Waals surface area contributed by atoms with Gasteiger partial charge in [0.05, 0.1) is 11.2 Å². The first-order chi connectivity index (χ1) is 12.0. The highest BCUT2D eigenvalue weighted by atomic mass is 16.6. The molecule has 0 saturated carbocycles. The minimum Gasteiger partial charge on any atom is -0.467 e. The van der Waals surface area contributed by atoms with E-state index in [2.05, 4.69) is 0 Å². The number of nitrogens with zero attached hydrogens (tertiary/aromatic N) is 2. The van der Waals surface area contributed by atoms with Gasteiger partial charge in [0.2, 0.25) is 0 Å². The number of aliphatic hydroxyl groups excluding tert-OH is 1. The van der Waals surface area contributed by atoms with E-state index in [-0.39, 0.29) is 17.6 Å². The van der Waals surface area contributed by atoms with Crippen LogP contribution >= 0.6 is 0 Å². The Morgan fingerprint density at radius 2 is 2.28 bits per heavy atom. The molecule has 1 fully saturated rings. The summed E-state index contributed by atoms with van der Waals surface area (Å²) in [6, 6.07) is 7.83.